The monoisotopic (exact) mass is 289 g/mol. The van der Waals surface area contributed by atoms with Crippen molar-refractivity contribution in [1.29, 1.82) is 0 Å². The largest absolute Gasteiger partial charge is 0.349 e. The van der Waals surface area contributed by atoms with Crippen molar-refractivity contribution in [2.45, 2.75) is 46.5 Å². The number of carbonyl (C=O) groups excluding carboxylic acids is 1. The van der Waals surface area contributed by atoms with Crippen LogP contribution in [0.1, 0.15) is 56.3 Å². The molecule has 0 fully saturated rings. The number of nitrogens with zero attached hydrogens (tertiary/aromatic N) is 2. The zero-order chi connectivity index (χ0) is 13.6. The molecule has 18 heavy (non-hydrogen) atoms. The van der Waals surface area contributed by atoms with Crippen molar-refractivity contribution in [1.82, 2.24) is 15.5 Å². The number of unbranched alkanes of at least 4 members (excludes halogenated alkanes) is 2. The second-order valence-corrected chi connectivity index (χ2v) is 6.72. The maximum atomic E-state index is 11.8. The van der Waals surface area contributed by atoms with Crippen molar-refractivity contribution >= 4 is 28.8 Å². The van der Waals surface area contributed by atoms with Gasteiger partial charge in [0.15, 0.2) is 0 Å². The van der Waals surface area contributed by atoms with E-state index in [-0.39, 0.29) is 11.3 Å². The van der Waals surface area contributed by atoms with Crippen LogP contribution >= 0.6 is 22.9 Å². The van der Waals surface area contributed by atoms with Gasteiger partial charge in [-0.25, -0.2) is 0 Å². The molecule has 0 unspecified atom stereocenters. The fraction of sp³-hybridized carbons (Fsp3) is 0.750. The van der Waals surface area contributed by atoms with Crippen LogP contribution in [-0.4, -0.2) is 22.6 Å². The van der Waals surface area contributed by atoms with E-state index in [2.05, 4.69) is 36.3 Å². The fourth-order valence-corrected chi connectivity index (χ4v) is 2.38. The molecule has 0 aliphatic rings. The minimum absolute atomic E-state index is 0.110. The fourth-order valence-electron chi connectivity index (χ4n) is 1.63. The van der Waals surface area contributed by atoms with Gasteiger partial charge in [-0.3, -0.25) is 4.79 Å². The zero-order valence-electron chi connectivity index (χ0n) is 11.1. The van der Waals surface area contributed by atoms with Gasteiger partial charge in [0.2, 0.25) is 9.47 Å². The van der Waals surface area contributed by atoms with Crippen molar-refractivity contribution in [2.75, 3.05) is 6.54 Å². The minimum Gasteiger partial charge on any atom is -0.349 e. The molecule has 1 rings (SSSR count). The van der Waals surface area contributed by atoms with Crippen molar-refractivity contribution in [3.05, 3.63) is 9.47 Å². The molecule has 1 amide bonds. The summed E-state index contributed by atoms with van der Waals surface area (Å²) in [5.74, 6) is -0.192. The molecule has 6 heteroatoms. The summed E-state index contributed by atoms with van der Waals surface area (Å²) in [7, 11) is 0. The average molecular weight is 290 g/mol. The summed E-state index contributed by atoms with van der Waals surface area (Å²) in [6.07, 6.45) is 4.76. The topological polar surface area (TPSA) is 54.9 Å². The predicted octanol–water partition coefficient (Wildman–Crippen LogP) is 3.53. The van der Waals surface area contributed by atoms with Gasteiger partial charge in [-0.15, -0.1) is 10.2 Å². The lowest BCUT2D eigenvalue weighted by molar-refractivity contribution is 0.0933. The Morgan fingerprint density at radius 1 is 1.39 bits per heavy atom. The number of halogens is 1. The Morgan fingerprint density at radius 2 is 2.11 bits per heavy atom. The highest BCUT2D eigenvalue weighted by Gasteiger charge is 2.20. The summed E-state index contributed by atoms with van der Waals surface area (Å²) in [6, 6.07) is 0. The van der Waals surface area contributed by atoms with Crippen LogP contribution < -0.4 is 5.32 Å². The Hall–Kier alpha value is -0.680. The second-order valence-electron chi connectivity index (χ2n) is 5.16. The Labute approximate surface area is 117 Å². The molecule has 102 valence electrons. The van der Waals surface area contributed by atoms with Gasteiger partial charge in [0.25, 0.3) is 5.91 Å². The van der Waals surface area contributed by atoms with E-state index in [0.29, 0.717) is 16.0 Å². The number of aromatic nitrogens is 2. The van der Waals surface area contributed by atoms with Gasteiger partial charge in [0, 0.05) is 6.54 Å². The Balaban J connectivity index is 2.37. The summed E-state index contributed by atoms with van der Waals surface area (Å²) in [5.41, 5.74) is 0.110. The first-order valence-electron chi connectivity index (χ1n) is 6.22. The summed E-state index contributed by atoms with van der Waals surface area (Å²) < 4.78 is 0.294. The Morgan fingerprint density at radius 3 is 2.67 bits per heavy atom. The molecule has 0 spiro atoms. The number of nitrogens with one attached hydrogen (secondary N) is 1. The van der Waals surface area contributed by atoms with E-state index in [1.807, 2.05) is 0 Å². The molecule has 0 aromatic carbocycles. The van der Waals surface area contributed by atoms with Crippen LogP contribution in [0.25, 0.3) is 0 Å². The molecular weight excluding hydrogens is 270 g/mol. The van der Waals surface area contributed by atoms with Crippen LogP contribution in [0.3, 0.4) is 0 Å². The van der Waals surface area contributed by atoms with E-state index in [9.17, 15) is 4.79 Å². The second kappa shape index (κ2) is 7.04. The molecule has 1 aromatic heterocycles. The van der Waals surface area contributed by atoms with E-state index >= 15 is 0 Å². The normalized spacial score (nSPS) is 11.6. The standard InChI is InChI=1S/C12H20ClN3OS/c1-4-5-6-7-12(2,3)8-14-9(17)10-15-16-11(13)18-10/h4-8H2,1-3H3,(H,14,17). The maximum absolute atomic E-state index is 11.8. The van der Waals surface area contributed by atoms with E-state index in [1.165, 1.54) is 19.3 Å². The van der Waals surface area contributed by atoms with Crippen LogP contribution in [-0.2, 0) is 0 Å². The lowest BCUT2D eigenvalue weighted by Gasteiger charge is -2.24. The van der Waals surface area contributed by atoms with Gasteiger partial charge in [0.1, 0.15) is 0 Å². The Bertz CT molecular complexity index is 392. The quantitative estimate of drug-likeness (QED) is 0.781. The number of hydrogen-bond donors (Lipinski definition) is 1. The van der Waals surface area contributed by atoms with E-state index in [4.69, 9.17) is 11.6 Å². The number of carbonyl (C=O) groups is 1. The molecular formula is C12H20ClN3OS. The molecule has 1 N–H and O–H groups in total. The van der Waals surface area contributed by atoms with Crippen molar-refractivity contribution < 1.29 is 4.79 Å². The third-order valence-electron chi connectivity index (χ3n) is 2.78. The molecule has 0 saturated heterocycles. The van der Waals surface area contributed by atoms with Crippen LogP contribution in [0.4, 0.5) is 0 Å². The van der Waals surface area contributed by atoms with Crippen molar-refractivity contribution in [3.8, 4) is 0 Å². The highest BCUT2D eigenvalue weighted by atomic mass is 35.5. The van der Waals surface area contributed by atoms with Gasteiger partial charge in [-0.1, -0.05) is 51.4 Å². The zero-order valence-corrected chi connectivity index (χ0v) is 12.7. The van der Waals surface area contributed by atoms with Crippen molar-refractivity contribution in [2.24, 2.45) is 5.41 Å². The lowest BCUT2D eigenvalue weighted by Crippen LogP contribution is -2.34. The molecule has 1 aromatic rings. The smallest absolute Gasteiger partial charge is 0.282 e. The highest BCUT2D eigenvalue weighted by molar-refractivity contribution is 7.17. The molecule has 0 radical (unpaired) electrons. The van der Waals surface area contributed by atoms with Crippen LogP contribution in [0.15, 0.2) is 0 Å². The first-order valence-corrected chi connectivity index (χ1v) is 7.41. The highest BCUT2D eigenvalue weighted by Crippen LogP contribution is 2.23. The molecule has 0 atom stereocenters. The molecule has 4 nitrogen and oxygen atoms in total. The van der Waals surface area contributed by atoms with Gasteiger partial charge in [0.05, 0.1) is 0 Å². The summed E-state index contributed by atoms with van der Waals surface area (Å²) >= 11 is 6.74. The predicted molar refractivity (Wildman–Crippen MR) is 75.2 cm³/mol. The van der Waals surface area contributed by atoms with Crippen molar-refractivity contribution in [3.63, 3.8) is 0 Å². The summed E-state index contributed by atoms with van der Waals surface area (Å²) in [4.78, 5) is 11.8. The van der Waals surface area contributed by atoms with E-state index in [1.54, 1.807) is 0 Å². The van der Waals surface area contributed by atoms with Crippen LogP contribution in [0.5, 0.6) is 0 Å². The first kappa shape index (κ1) is 15.4. The maximum Gasteiger partial charge on any atom is 0.282 e. The molecule has 1 heterocycles. The molecule has 0 bridgehead atoms. The van der Waals surface area contributed by atoms with Crippen LogP contribution in [0.2, 0.25) is 4.47 Å². The van der Waals surface area contributed by atoms with Gasteiger partial charge < -0.3 is 5.32 Å². The van der Waals surface area contributed by atoms with Crippen LogP contribution in [0, 0.1) is 5.41 Å². The molecule has 0 aliphatic heterocycles. The lowest BCUT2D eigenvalue weighted by atomic mass is 9.87. The number of amides is 1. The van der Waals surface area contributed by atoms with Gasteiger partial charge in [-0.05, 0) is 23.4 Å². The third-order valence-corrected chi connectivity index (χ3v) is 3.80. The first-order chi connectivity index (χ1) is 8.44. The SMILES string of the molecule is CCCCCC(C)(C)CNC(=O)c1nnc(Cl)s1. The van der Waals surface area contributed by atoms with E-state index in [0.717, 1.165) is 17.8 Å². The average Bonchev–Trinajstić information content (AvgIpc) is 2.73. The van der Waals surface area contributed by atoms with Gasteiger partial charge >= 0.3 is 0 Å². The molecule has 0 saturated carbocycles. The molecule has 0 aliphatic carbocycles. The third kappa shape index (κ3) is 5.31. The number of rotatable bonds is 7. The summed E-state index contributed by atoms with van der Waals surface area (Å²) in [5, 5.41) is 10.5. The number of hydrogen-bond acceptors (Lipinski definition) is 4. The summed E-state index contributed by atoms with van der Waals surface area (Å²) in [6.45, 7) is 7.16. The van der Waals surface area contributed by atoms with Gasteiger partial charge in [-0.2, -0.15) is 0 Å². The van der Waals surface area contributed by atoms with E-state index < -0.39 is 0 Å². The Kier molecular flexibility index (Phi) is 6.02. The minimum atomic E-state index is -0.192.